The number of thioether (sulfide) groups is 2. The molecule has 7 aromatic rings. The van der Waals surface area contributed by atoms with E-state index < -0.39 is 0 Å². The molecular weight excluding hydrogens is 505 g/mol. The minimum Gasteiger partial charge on any atom is -0.155 e. The number of thiophene rings is 4. The van der Waals surface area contributed by atoms with Gasteiger partial charge in [0, 0.05) is 93.3 Å². The molecule has 0 saturated carbocycles. The highest BCUT2D eigenvalue weighted by Crippen LogP contribution is 2.49. The summed E-state index contributed by atoms with van der Waals surface area (Å²) in [6.45, 7) is 0. The molecule has 0 nitrogen and oxygen atoms in total. The summed E-state index contributed by atoms with van der Waals surface area (Å²) in [7, 11) is 0. The molecule has 0 fully saturated rings. The van der Waals surface area contributed by atoms with Gasteiger partial charge in [-0.2, -0.15) is 23.5 Å². The van der Waals surface area contributed by atoms with E-state index in [4.69, 9.17) is 0 Å². The van der Waals surface area contributed by atoms with Crippen LogP contribution in [0.5, 0.6) is 0 Å². The SMILES string of the molecule is c1cc2sc3ccc4sc5ccc6sc7cc6c5c4c3c2c2cc(sc12)CSCCSC7. The normalized spacial score (nSPS) is 15.4. The number of fused-ring (bicyclic) bond motifs is 2. The van der Waals surface area contributed by atoms with Crippen molar-refractivity contribution in [2.75, 3.05) is 11.5 Å². The van der Waals surface area contributed by atoms with Gasteiger partial charge in [0.05, 0.1) is 0 Å². The molecule has 0 saturated heterocycles. The monoisotopic (exact) mass is 520 g/mol. The van der Waals surface area contributed by atoms with Gasteiger partial charge < -0.3 is 0 Å². The van der Waals surface area contributed by atoms with Crippen LogP contribution in [0.25, 0.3) is 60.5 Å². The molecule has 156 valence electrons. The van der Waals surface area contributed by atoms with E-state index >= 15 is 0 Å². The molecule has 4 aromatic heterocycles. The van der Waals surface area contributed by atoms with E-state index in [0.29, 0.717) is 0 Å². The van der Waals surface area contributed by atoms with Gasteiger partial charge in [0.2, 0.25) is 0 Å². The highest BCUT2D eigenvalue weighted by atomic mass is 32.2. The Balaban J connectivity index is 1.63. The molecular formula is C26H16S6. The number of rotatable bonds is 0. The van der Waals surface area contributed by atoms with Gasteiger partial charge in [-0.1, -0.05) is 0 Å². The van der Waals surface area contributed by atoms with Crippen LogP contribution in [-0.2, 0) is 11.5 Å². The van der Waals surface area contributed by atoms with Gasteiger partial charge >= 0.3 is 0 Å². The van der Waals surface area contributed by atoms with Gasteiger partial charge in [0.1, 0.15) is 0 Å². The van der Waals surface area contributed by atoms with Crippen molar-refractivity contribution in [3.05, 3.63) is 58.3 Å². The summed E-state index contributed by atoms with van der Waals surface area (Å²) in [5.41, 5.74) is 0. The predicted molar refractivity (Wildman–Crippen MR) is 155 cm³/mol. The molecule has 0 radical (unpaired) electrons. The van der Waals surface area contributed by atoms with Crippen molar-refractivity contribution in [2.45, 2.75) is 11.5 Å². The molecule has 6 heteroatoms. The van der Waals surface area contributed by atoms with Crippen LogP contribution in [0.2, 0.25) is 0 Å². The molecule has 0 atom stereocenters. The zero-order chi connectivity index (χ0) is 20.8. The van der Waals surface area contributed by atoms with E-state index in [1.165, 1.54) is 81.8 Å². The molecule has 0 aliphatic carbocycles. The van der Waals surface area contributed by atoms with E-state index in [2.05, 4.69) is 72.1 Å². The lowest BCUT2D eigenvalue weighted by atomic mass is 10.0. The lowest BCUT2D eigenvalue weighted by Crippen LogP contribution is -1.85. The average molecular weight is 521 g/mol. The van der Waals surface area contributed by atoms with Gasteiger partial charge in [-0.25, -0.2) is 0 Å². The Morgan fingerprint density at radius 2 is 0.844 bits per heavy atom. The first-order chi connectivity index (χ1) is 15.8. The van der Waals surface area contributed by atoms with Crippen LogP contribution >= 0.6 is 68.9 Å². The Morgan fingerprint density at radius 3 is 1.31 bits per heavy atom. The van der Waals surface area contributed by atoms with E-state index in [-0.39, 0.29) is 0 Å². The predicted octanol–water partition coefficient (Wildman–Crippen LogP) is 10.3. The molecule has 1 aliphatic heterocycles. The lowest BCUT2D eigenvalue weighted by molar-refractivity contribution is 1.46. The maximum absolute atomic E-state index is 2.49. The first-order valence-electron chi connectivity index (χ1n) is 10.6. The van der Waals surface area contributed by atoms with Gasteiger partial charge in [-0.05, 0) is 48.5 Å². The number of benzene rings is 3. The standard InChI is InChI=1S/C26H16S6/c1-3-19-23-15-9-13(29-17(1)15)11-27-7-8-28-12-14-10-16-18(30-14)2-4-20-24(16)26-22(32-20)6-5-21(31-19)25(23)26/h1-6,9-10H,7-8,11-12H2. The Hall–Kier alpha value is -1.28. The summed E-state index contributed by atoms with van der Waals surface area (Å²) in [5.74, 6) is 4.70. The van der Waals surface area contributed by atoms with E-state index in [9.17, 15) is 0 Å². The van der Waals surface area contributed by atoms with E-state index in [1.807, 2.05) is 45.3 Å². The second-order valence-electron chi connectivity index (χ2n) is 8.25. The highest BCUT2D eigenvalue weighted by Gasteiger charge is 2.19. The summed E-state index contributed by atoms with van der Waals surface area (Å²) in [6, 6.07) is 19.1. The van der Waals surface area contributed by atoms with Crippen molar-refractivity contribution in [3.8, 4) is 0 Å². The lowest BCUT2D eigenvalue weighted by Gasteiger charge is -2.01. The van der Waals surface area contributed by atoms with E-state index in [0.717, 1.165) is 11.5 Å². The second-order valence-corrected chi connectivity index (χ2v) is 15.0. The minimum atomic E-state index is 1.13. The fourth-order valence-electron chi connectivity index (χ4n) is 5.05. The third kappa shape index (κ3) is 2.68. The Kier molecular flexibility index (Phi) is 4.24. The van der Waals surface area contributed by atoms with Crippen LogP contribution in [0.3, 0.4) is 0 Å². The Bertz CT molecular complexity index is 1700. The minimum absolute atomic E-state index is 1.13. The van der Waals surface area contributed by atoms with Crippen LogP contribution in [0.15, 0.2) is 48.5 Å². The van der Waals surface area contributed by atoms with Crippen molar-refractivity contribution in [1.82, 2.24) is 0 Å². The zero-order valence-corrected chi connectivity index (χ0v) is 21.8. The van der Waals surface area contributed by atoms with Crippen molar-refractivity contribution < 1.29 is 0 Å². The summed E-state index contributed by atoms with van der Waals surface area (Å²) in [4.78, 5) is 3.03. The molecule has 32 heavy (non-hydrogen) atoms. The quantitative estimate of drug-likeness (QED) is 0.195. The second kappa shape index (κ2) is 7.11. The average Bonchev–Trinajstić information content (AvgIpc) is 3.54. The van der Waals surface area contributed by atoms with Crippen LogP contribution in [0.4, 0.5) is 0 Å². The number of hydrogen-bond donors (Lipinski definition) is 0. The Morgan fingerprint density at radius 1 is 0.438 bits per heavy atom. The van der Waals surface area contributed by atoms with Crippen molar-refractivity contribution in [1.29, 1.82) is 0 Å². The third-order valence-electron chi connectivity index (χ3n) is 6.36. The summed E-state index contributed by atoms with van der Waals surface area (Å²) < 4.78 is 8.56. The highest BCUT2D eigenvalue weighted by molar-refractivity contribution is 8.02. The van der Waals surface area contributed by atoms with Crippen molar-refractivity contribution in [3.63, 3.8) is 0 Å². The molecule has 1 aliphatic rings. The molecule has 3 aromatic carbocycles. The molecule has 0 N–H and O–H groups in total. The summed E-state index contributed by atoms with van der Waals surface area (Å²) in [6.07, 6.45) is 0. The molecule has 5 heterocycles. The first kappa shape index (κ1) is 19.1. The van der Waals surface area contributed by atoms with Crippen LogP contribution in [-0.4, -0.2) is 11.5 Å². The molecule has 0 spiro atoms. The maximum Gasteiger partial charge on any atom is 0.0362 e. The zero-order valence-electron chi connectivity index (χ0n) is 16.9. The van der Waals surface area contributed by atoms with Gasteiger partial charge in [0.15, 0.2) is 0 Å². The smallest absolute Gasteiger partial charge is 0.0362 e. The van der Waals surface area contributed by atoms with Crippen molar-refractivity contribution >= 4 is 129 Å². The third-order valence-corrected chi connectivity index (χ3v) is 13.4. The van der Waals surface area contributed by atoms with Crippen LogP contribution < -0.4 is 0 Å². The Labute approximate surface area is 209 Å². The fraction of sp³-hybridized carbons (Fsp3) is 0.154. The number of hydrogen-bond acceptors (Lipinski definition) is 6. The van der Waals surface area contributed by atoms with Crippen molar-refractivity contribution in [2.24, 2.45) is 0 Å². The van der Waals surface area contributed by atoms with Gasteiger partial charge in [-0.3, -0.25) is 0 Å². The van der Waals surface area contributed by atoms with Gasteiger partial charge in [-0.15, -0.1) is 45.3 Å². The summed E-state index contributed by atoms with van der Waals surface area (Å²) in [5, 5.41) is 8.85. The van der Waals surface area contributed by atoms with Crippen LogP contribution in [0, 0.1) is 0 Å². The van der Waals surface area contributed by atoms with E-state index in [1.54, 1.807) is 0 Å². The molecule has 0 unspecified atom stereocenters. The largest absolute Gasteiger partial charge is 0.155 e. The van der Waals surface area contributed by atoms with Crippen LogP contribution in [0.1, 0.15) is 9.75 Å². The first-order valence-corrected chi connectivity index (χ1v) is 16.2. The molecule has 0 amide bonds. The topological polar surface area (TPSA) is 0 Å². The maximum atomic E-state index is 2.49. The fourth-order valence-corrected chi connectivity index (χ4v) is 11.8. The molecule has 8 rings (SSSR count). The van der Waals surface area contributed by atoms with Gasteiger partial charge in [0.25, 0.3) is 0 Å². The molecule has 4 bridgehead atoms. The summed E-state index contributed by atoms with van der Waals surface area (Å²) >= 11 is 12.1.